The molecule has 2 unspecified atom stereocenters. The lowest BCUT2D eigenvalue weighted by Crippen LogP contribution is -2.34. The molecular formula is C17H15NO4. The largest absolute Gasteiger partial charge is 0.493 e. The number of methoxy groups -OCH3 is 2. The predicted molar refractivity (Wildman–Crippen MR) is 80.6 cm³/mol. The Morgan fingerprint density at radius 3 is 2.55 bits per heavy atom. The van der Waals surface area contributed by atoms with Crippen LogP contribution < -0.4 is 14.8 Å². The Bertz CT molecular complexity index is 801. The van der Waals surface area contributed by atoms with Crippen molar-refractivity contribution in [2.75, 3.05) is 19.5 Å². The first-order valence-corrected chi connectivity index (χ1v) is 7.00. The fraction of sp³-hybridized carbons (Fsp3) is 0.235. The zero-order chi connectivity index (χ0) is 15.5. The van der Waals surface area contributed by atoms with Crippen molar-refractivity contribution >= 4 is 11.5 Å². The Morgan fingerprint density at radius 1 is 1.14 bits per heavy atom. The van der Waals surface area contributed by atoms with Gasteiger partial charge in [0.15, 0.2) is 23.0 Å². The zero-order valence-electron chi connectivity index (χ0n) is 12.2. The van der Waals surface area contributed by atoms with E-state index in [0.29, 0.717) is 22.6 Å². The van der Waals surface area contributed by atoms with Crippen molar-refractivity contribution in [2.24, 2.45) is 0 Å². The van der Waals surface area contributed by atoms with Crippen LogP contribution in [0.15, 0.2) is 36.4 Å². The van der Waals surface area contributed by atoms with Crippen molar-refractivity contribution < 1.29 is 19.4 Å². The number of para-hydroxylation sites is 1. The molecule has 2 atom stereocenters. The molecular weight excluding hydrogens is 282 g/mol. The van der Waals surface area contributed by atoms with Gasteiger partial charge < -0.3 is 19.9 Å². The summed E-state index contributed by atoms with van der Waals surface area (Å²) in [5.74, 6) is 0.207. The fourth-order valence-electron chi connectivity index (χ4n) is 3.47. The molecule has 2 aromatic rings. The van der Waals surface area contributed by atoms with Crippen LogP contribution in [-0.2, 0) is 5.72 Å². The molecule has 0 saturated carbocycles. The number of ether oxygens (including phenoxy) is 2. The van der Waals surface area contributed by atoms with Crippen LogP contribution in [0.25, 0.3) is 0 Å². The van der Waals surface area contributed by atoms with Crippen LogP contribution in [0.4, 0.5) is 5.69 Å². The van der Waals surface area contributed by atoms with Gasteiger partial charge in [-0.25, -0.2) is 0 Å². The lowest BCUT2D eigenvalue weighted by molar-refractivity contribution is 0.0507. The van der Waals surface area contributed by atoms with E-state index >= 15 is 0 Å². The van der Waals surface area contributed by atoms with Gasteiger partial charge >= 0.3 is 0 Å². The highest BCUT2D eigenvalue weighted by atomic mass is 16.5. The molecule has 2 N–H and O–H groups in total. The van der Waals surface area contributed by atoms with E-state index in [4.69, 9.17) is 9.47 Å². The van der Waals surface area contributed by atoms with Gasteiger partial charge in [-0.2, -0.15) is 0 Å². The SMILES string of the molecule is COc1cc2c(cc1OC)C1(O)Nc3ccccc3C1C2=O. The quantitative estimate of drug-likeness (QED) is 0.890. The molecule has 0 amide bonds. The number of rotatable bonds is 2. The molecule has 4 rings (SSSR count). The van der Waals surface area contributed by atoms with Gasteiger partial charge in [0.1, 0.15) is 5.92 Å². The highest BCUT2D eigenvalue weighted by Gasteiger charge is 2.57. The molecule has 1 aliphatic heterocycles. The summed E-state index contributed by atoms with van der Waals surface area (Å²) in [6.07, 6.45) is 0. The Hall–Kier alpha value is -2.53. The molecule has 0 bridgehead atoms. The number of anilines is 1. The number of ketones is 1. The van der Waals surface area contributed by atoms with Crippen LogP contribution >= 0.6 is 0 Å². The van der Waals surface area contributed by atoms with Crippen molar-refractivity contribution in [1.29, 1.82) is 0 Å². The molecule has 22 heavy (non-hydrogen) atoms. The summed E-state index contributed by atoms with van der Waals surface area (Å²) in [7, 11) is 3.05. The number of hydrogen-bond acceptors (Lipinski definition) is 5. The Labute approximate surface area is 127 Å². The van der Waals surface area contributed by atoms with Crippen molar-refractivity contribution in [1.82, 2.24) is 0 Å². The third kappa shape index (κ3) is 1.43. The van der Waals surface area contributed by atoms with Gasteiger partial charge in [-0.05, 0) is 23.8 Å². The van der Waals surface area contributed by atoms with E-state index in [1.165, 1.54) is 14.2 Å². The van der Waals surface area contributed by atoms with E-state index in [-0.39, 0.29) is 5.78 Å². The maximum atomic E-state index is 12.8. The second kappa shape index (κ2) is 4.24. The van der Waals surface area contributed by atoms with Crippen LogP contribution in [-0.4, -0.2) is 25.1 Å². The molecule has 0 radical (unpaired) electrons. The molecule has 112 valence electrons. The Balaban J connectivity index is 1.95. The van der Waals surface area contributed by atoms with Crippen molar-refractivity contribution in [3.8, 4) is 11.5 Å². The molecule has 1 aliphatic carbocycles. The van der Waals surface area contributed by atoms with E-state index in [0.717, 1.165) is 11.3 Å². The minimum atomic E-state index is -1.43. The Kier molecular flexibility index (Phi) is 2.53. The number of hydrogen-bond donors (Lipinski definition) is 2. The number of nitrogens with one attached hydrogen (secondary N) is 1. The van der Waals surface area contributed by atoms with E-state index < -0.39 is 11.6 Å². The first-order valence-electron chi connectivity index (χ1n) is 7.00. The molecule has 0 fully saturated rings. The number of benzene rings is 2. The average Bonchev–Trinajstić information content (AvgIpc) is 2.95. The normalized spacial score (nSPS) is 24.3. The monoisotopic (exact) mass is 297 g/mol. The summed E-state index contributed by atoms with van der Waals surface area (Å²) in [5, 5.41) is 14.2. The van der Waals surface area contributed by atoms with Gasteiger partial charge in [0, 0.05) is 16.8 Å². The molecule has 0 spiro atoms. The van der Waals surface area contributed by atoms with E-state index in [1.807, 2.05) is 24.3 Å². The van der Waals surface area contributed by atoms with Gasteiger partial charge in [-0.15, -0.1) is 0 Å². The second-order valence-electron chi connectivity index (χ2n) is 5.53. The molecule has 2 aromatic carbocycles. The topological polar surface area (TPSA) is 67.8 Å². The Morgan fingerprint density at radius 2 is 1.82 bits per heavy atom. The second-order valence-corrected chi connectivity index (χ2v) is 5.53. The summed E-state index contributed by atoms with van der Waals surface area (Å²) < 4.78 is 10.5. The summed E-state index contributed by atoms with van der Waals surface area (Å²) >= 11 is 0. The minimum Gasteiger partial charge on any atom is -0.493 e. The average molecular weight is 297 g/mol. The van der Waals surface area contributed by atoms with Crippen LogP contribution in [0.1, 0.15) is 27.4 Å². The number of fused-ring (bicyclic) bond motifs is 5. The number of carbonyl (C=O) groups excluding carboxylic acids is 1. The summed E-state index contributed by atoms with van der Waals surface area (Å²) in [5.41, 5.74) is 1.15. The lowest BCUT2D eigenvalue weighted by Gasteiger charge is -2.24. The first kappa shape index (κ1) is 13.2. The van der Waals surface area contributed by atoms with Crippen molar-refractivity contribution in [3.63, 3.8) is 0 Å². The van der Waals surface area contributed by atoms with Crippen LogP contribution in [0.5, 0.6) is 11.5 Å². The smallest absolute Gasteiger partial charge is 0.177 e. The number of carbonyl (C=O) groups is 1. The lowest BCUT2D eigenvalue weighted by atomic mass is 9.92. The predicted octanol–water partition coefficient (Wildman–Crippen LogP) is 2.25. The first-order chi connectivity index (χ1) is 10.6. The molecule has 1 heterocycles. The summed E-state index contributed by atoms with van der Waals surface area (Å²) in [6.45, 7) is 0. The standard InChI is InChI=1S/C17H15NO4/c1-21-13-7-10-11(8-14(13)22-2)17(20)15(16(10)19)9-5-3-4-6-12(9)18-17/h3-8,15,18,20H,1-2H3. The van der Waals surface area contributed by atoms with E-state index in [2.05, 4.69) is 5.32 Å². The van der Waals surface area contributed by atoms with Gasteiger partial charge in [0.05, 0.1) is 14.2 Å². The van der Waals surface area contributed by atoms with Crippen molar-refractivity contribution in [2.45, 2.75) is 11.6 Å². The fourth-order valence-corrected chi connectivity index (χ4v) is 3.47. The highest BCUT2D eigenvalue weighted by molar-refractivity contribution is 6.09. The van der Waals surface area contributed by atoms with Crippen LogP contribution in [0.3, 0.4) is 0 Å². The molecule has 2 aliphatic rings. The van der Waals surface area contributed by atoms with Crippen LogP contribution in [0.2, 0.25) is 0 Å². The molecule has 0 saturated heterocycles. The molecule has 5 heteroatoms. The summed E-state index contributed by atoms with van der Waals surface area (Å²) in [4.78, 5) is 12.8. The van der Waals surface area contributed by atoms with Crippen LogP contribution in [0, 0.1) is 0 Å². The van der Waals surface area contributed by atoms with Gasteiger partial charge in [-0.3, -0.25) is 4.79 Å². The zero-order valence-corrected chi connectivity index (χ0v) is 12.2. The van der Waals surface area contributed by atoms with E-state index in [9.17, 15) is 9.90 Å². The third-order valence-electron chi connectivity index (χ3n) is 4.48. The number of aliphatic hydroxyl groups is 1. The van der Waals surface area contributed by atoms with Gasteiger partial charge in [-0.1, -0.05) is 18.2 Å². The minimum absolute atomic E-state index is 0.115. The van der Waals surface area contributed by atoms with Gasteiger partial charge in [0.2, 0.25) is 0 Å². The maximum absolute atomic E-state index is 12.8. The highest BCUT2D eigenvalue weighted by Crippen LogP contribution is 2.55. The number of Topliss-reactive ketones (excluding diaryl/α,β-unsaturated/α-hetero) is 1. The van der Waals surface area contributed by atoms with E-state index in [1.54, 1.807) is 12.1 Å². The summed E-state index contributed by atoms with van der Waals surface area (Å²) in [6, 6.07) is 10.8. The molecule has 5 nitrogen and oxygen atoms in total. The maximum Gasteiger partial charge on any atom is 0.177 e. The van der Waals surface area contributed by atoms with Crippen molar-refractivity contribution in [3.05, 3.63) is 53.1 Å². The molecule has 0 aromatic heterocycles. The van der Waals surface area contributed by atoms with Gasteiger partial charge in [0.25, 0.3) is 0 Å². The third-order valence-corrected chi connectivity index (χ3v) is 4.48.